The fourth-order valence-corrected chi connectivity index (χ4v) is 7.91. The molecular formula is C28H52O2. The molecule has 0 amide bonds. The van der Waals surface area contributed by atoms with Crippen LogP contribution in [-0.2, 0) is 9.47 Å². The smallest absolute Gasteiger partial charge is 0.163 e. The van der Waals surface area contributed by atoms with Crippen LogP contribution in [0.1, 0.15) is 107 Å². The van der Waals surface area contributed by atoms with Crippen molar-refractivity contribution in [2.75, 3.05) is 7.11 Å². The van der Waals surface area contributed by atoms with Crippen LogP contribution in [0, 0.1) is 52.8 Å². The van der Waals surface area contributed by atoms with Crippen molar-refractivity contribution in [3.05, 3.63) is 0 Å². The van der Waals surface area contributed by atoms with Gasteiger partial charge in [-0.3, -0.25) is 0 Å². The van der Waals surface area contributed by atoms with Gasteiger partial charge in [0.15, 0.2) is 5.79 Å². The number of hydrogen-bond donors (Lipinski definition) is 0. The predicted octanol–water partition coefficient (Wildman–Crippen LogP) is 7.95. The lowest BCUT2D eigenvalue weighted by Crippen LogP contribution is -2.38. The summed E-state index contributed by atoms with van der Waals surface area (Å²) in [7, 11) is 1.66. The van der Waals surface area contributed by atoms with Crippen LogP contribution in [-0.4, -0.2) is 18.5 Å². The molecule has 4 aliphatic carbocycles. The Bertz CT molecular complexity index is 563. The van der Waals surface area contributed by atoms with E-state index in [2.05, 4.69) is 48.5 Å². The third-order valence-electron chi connectivity index (χ3n) is 10.1. The van der Waals surface area contributed by atoms with E-state index in [-0.39, 0.29) is 5.60 Å². The van der Waals surface area contributed by atoms with Crippen molar-refractivity contribution in [1.82, 2.24) is 0 Å². The number of methoxy groups -OCH3 is 1. The minimum atomic E-state index is -0.473. The highest BCUT2D eigenvalue weighted by Crippen LogP contribution is 2.71. The van der Waals surface area contributed by atoms with Gasteiger partial charge in [-0.15, -0.1) is 0 Å². The van der Waals surface area contributed by atoms with E-state index in [4.69, 9.17) is 9.47 Å². The topological polar surface area (TPSA) is 18.5 Å². The second kappa shape index (κ2) is 8.69. The van der Waals surface area contributed by atoms with E-state index in [0.29, 0.717) is 5.41 Å². The van der Waals surface area contributed by atoms with E-state index >= 15 is 0 Å². The van der Waals surface area contributed by atoms with E-state index < -0.39 is 5.79 Å². The highest BCUT2D eigenvalue weighted by Gasteiger charge is 2.64. The maximum absolute atomic E-state index is 5.70. The Morgan fingerprint density at radius 1 is 0.800 bits per heavy atom. The van der Waals surface area contributed by atoms with Crippen LogP contribution in [0.3, 0.4) is 0 Å². The zero-order chi connectivity index (χ0) is 22.5. The first kappa shape index (κ1) is 24.6. The van der Waals surface area contributed by atoms with Gasteiger partial charge < -0.3 is 9.47 Å². The quantitative estimate of drug-likeness (QED) is 0.307. The molecule has 4 bridgehead atoms. The Labute approximate surface area is 188 Å². The second-order valence-electron chi connectivity index (χ2n) is 13.1. The summed E-state index contributed by atoms with van der Waals surface area (Å²) in [6.45, 7) is 20.1. The highest BCUT2D eigenvalue weighted by atomic mass is 16.7. The SMILES string of the molecule is CCC(C)(C)CC1C(C)C2CC1C1C3CCC(C3)C21.CCC(C)(C)OC(C)(C)OC. The molecule has 0 heterocycles. The molecular weight excluding hydrogens is 368 g/mol. The van der Waals surface area contributed by atoms with Crippen LogP contribution >= 0.6 is 0 Å². The van der Waals surface area contributed by atoms with Gasteiger partial charge in [0.05, 0.1) is 5.60 Å². The maximum atomic E-state index is 5.70. The summed E-state index contributed by atoms with van der Waals surface area (Å²) >= 11 is 0. The summed E-state index contributed by atoms with van der Waals surface area (Å²) in [5.74, 6) is 8.57. The summed E-state index contributed by atoms with van der Waals surface area (Å²) in [6.07, 6.45) is 10.3. The van der Waals surface area contributed by atoms with E-state index in [0.717, 1.165) is 41.9 Å². The molecule has 4 fully saturated rings. The lowest BCUT2D eigenvalue weighted by molar-refractivity contribution is -0.250. The van der Waals surface area contributed by atoms with Gasteiger partial charge >= 0.3 is 0 Å². The van der Waals surface area contributed by atoms with Gasteiger partial charge in [-0.1, -0.05) is 41.0 Å². The first-order chi connectivity index (χ1) is 13.8. The molecule has 2 heteroatoms. The normalized spacial score (nSPS) is 39.8. The van der Waals surface area contributed by atoms with Crippen molar-refractivity contribution >= 4 is 0 Å². The average molecular weight is 421 g/mol. The number of rotatable bonds is 7. The summed E-state index contributed by atoms with van der Waals surface area (Å²) in [5.41, 5.74) is 0.482. The molecule has 176 valence electrons. The Morgan fingerprint density at radius 3 is 1.87 bits per heavy atom. The Balaban J connectivity index is 0.000000202. The predicted molar refractivity (Wildman–Crippen MR) is 127 cm³/mol. The molecule has 0 aromatic carbocycles. The molecule has 4 rings (SSSR count). The van der Waals surface area contributed by atoms with Crippen LogP contribution in [0.2, 0.25) is 0 Å². The number of ether oxygens (including phenoxy) is 2. The van der Waals surface area contributed by atoms with Crippen molar-refractivity contribution in [2.45, 2.75) is 119 Å². The minimum Gasteiger partial charge on any atom is -0.354 e. The van der Waals surface area contributed by atoms with E-state index in [1.165, 1.54) is 24.7 Å². The number of fused-ring (bicyclic) bond motifs is 9. The van der Waals surface area contributed by atoms with E-state index in [1.54, 1.807) is 32.8 Å². The van der Waals surface area contributed by atoms with Gasteiger partial charge in [-0.2, -0.15) is 0 Å². The van der Waals surface area contributed by atoms with Gasteiger partial charge in [0.2, 0.25) is 0 Å². The van der Waals surface area contributed by atoms with Crippen LogP contribution in [0.15, 0.2) is 0 Å². The molecule has 0 aliphatic heterocycles. The van der Waals surface area contributed by atoms with Crippen LogP contribution in [0.4, 0.5) is 0 Å². The summed E-state index contributed by atoms with van der Waals surface area (Å²) in [5, 5.41) is 0. The molecule has 4 saturated carbocycles. The minimum absolute atomic E-state index is 0.0977. The summed E-state index contributed by atoms with van der Waals surface area (Å²) < 4.78 is 10.9. The van der Waals surface area contributed by atoms with Crippen molar-refractivity contribution in [2.24, 2.45) is 52.8 Å². The van der Waals surface area contributed by atoms with E-state index in [1.807, 2.05) is 13.8 Å². The van der Waals surface area contributed by atoms with Crippen LogP contribution in [0.5, 0.6) is 0 Å². The first-order valence-electron chi connectivity index (χ1n) is 13.1. The summed E-state index contributed by atoms with van der Waals surface area (Å²) in [6, 6.07) is 0. The fourth-order valence-electron chi connectivity index (χ4n) is 7.91. The molecule has 0 saturated heterocycles. The highest BCUT2D eigenvalue weighted by molar-refractivity contribution is 5.12. The summed E-state index contributed by atoms with van der Waals surface area (Å²) in [4.78, 5) is 0. The third kappa shape index (κ3) is 4.80. The average Bonchev–Trinajstić information content (AvgIpc) is 3.42. The van der Waals surface area contributed by atoms with Crippen molar-refractivity contribution < 1.29 is 9.47 Å². The van der Waals surface area contributed by atoms with Crippen LogP contribution in [0.25, 0.3) is 0 Å². The van der Waals surface area contributed by atoms with Crippen molar-refractivity contribution in [3.63, 3.8) is 0 Å². The molecule has 4 aliphatic rings. The fraction of sp³-hybridized carbons (Fsp3) is 1.00. The molecule has 0 N–H and O–H groups in total. The van der Waals surface area contributed by atoms with Gasteiger partial charge in [0, 0.05) is 7.11 Å². The molecule has 0 spiro atoms. The lowest BCUT2D eigenvalue weighted by atomic mass is 9.61. The Hall–Kier alpha value is -0.0800. The van der Waals surface area contributed by atoms with Gasteiger partial charge in [0.1, 0.15) is 0 Å². The monoisotopic (exact) mass is 420 g/mol. The maximum Gasteiger partial charge on any atom is 0.163 e. The lowest BCUT2D eigenvalue weighted by Gasteiger charge is -2.44. The molecule has 30 heavy (non-hydrogen) atoms. The first-order valence-corrected chi connectivity index (χ1v) is 13.1. The van der Waals surface area contributed by atoms with Gasteiger partial charge in [-0.05, 0) is 119 Å². The van der Waals surface area contributed by atoms with Crippen LogP contribution < -0.4 is 0 Å². The largest absolute Gasteiger partial charge is 0.354 e. The molecule has 8 unspecified atom stereocenters. The molecule has 0 aromatic heterocycles. The van der Waals surface area contributed by atoms with Crippen molar-refractivity contribution in [3.8, 4) is 0 Å². The Kier molecular flexibility index (Phi) is 7.12. The molecule has 0 radical (unpaired) electrons. The Morgan fingerprint density at radius 2 is 1.37 bits per heavy atom. The zero-order valence-electron chi connectivity index (χ0n) is 21.9. The standard InChI is InChI=1S/C19H32.C9H20O2/c1-5-19(3,4)10-16-11(2)14-9-15(16)18-13-7-6-12(8-13)17(14)18;1-7-8(2,3)11-9(4,5)10-6/h11-18H,5-10H2,1-4H3;7H2,1-6H3. The third-order valence-corrected chi connectivity index (χ3v) is 10.1. The molecule has 0 aromatic rings. The second-order valence-corrected chi connectivity index (χ2v) is 13.1. The van der Waals surface area contributed by atoms with Gasteiger partial charge in [-0.25, -0.2) is 0 Å². The molecule has 2 nitrogen and oxygen atoms in total. The van der Waals surface area contributed by atoms with E-state index in [9.17, 15) is 0 Å². The molecule has 8 atom stereocenters. The number of hydrogen-bond acceptors (Lipinski definition) is 2. The van der Waals surface area contributed by atoms with Gasteiger partial charge in [0.25, 0.3) is 0 Å². The zero-order valence-corrected chi connectivity index (χ0v) is 21.9. The van der Waals surface area contributed by atoms with Crippen molar-refractivity contribution in [1.29, 1.82) is 0 Å².